The summed E-state index contributed by atoms with van der Waals surface area (Å²) in [5, 5.41) is 15.8. The van der Waals surface area contributed by atoms with Crippen molar-refractivity contribution in [3.8, 4) is 0 Å². The van der Waals surface area contributed by atoms with Crippen molar-refractivity contribution in [2.45, 2.75) is 26.4 Å². The largest absolute Gasteiger partial charge is 0.396 e. The Morgan fingerprint density at radius 1 is 1.29 bits per heavy atom. The van der Waals surface area contributed by atoms with E-state index in [1.807, 2.05) is 44.2 Å². The predicted molar refractivity (Wildman–Crippen MR) is 82.8 cm³/mol. The molecule has 112 valence electrons. The number of urea groups is 1. The topological polar surface area (TPSA) is 74.2 Å². The number of carbonyl (C=O) groups excluding carboxylic acids is 1. The van der Waals surface area contributed by atoms with Crippen LogP contribution in [0.5, 0.6) is 0 Å². The Bertz CT molecular complexity index is 610. The van der Waals surface area contributed by atoms with Crippen LogP contribution < -0.4 is 10.6 Å². The Morgan fingerprint density at radius 2 is 2.05 bits per heavy atom. The minimum Gasteiger partial charge on any atom is -0.396 e. The summed E-state index contributed by atoms with van der Waals surface area (Å²) < 4.78 is 0. The van der Waals surface area contributed by atoms with Gasteiger partial charge in [0, 0.05) is 30.8 Å². The first kappa shape index (κ1) is 15.3. The van der Waals surface area contributed by atoms with E-state index in [9.17, 15) is 4.79 Å². The van der Waals surface area contributed by atoms with Gasteiger partial charge in [-0.3, -0.25) is 4.98 Å². The number of aliphatic hydroxyl groups excluding tert-OH is 1. The van der Waals surface area contributed by atoms with E-state index in [1.54, 1.807) is 6.20 Å². The van der Waals surface area contributed by atoms with Gasteiger partial charge in [-0.2, -0.15) is 0 Å². The maximum absolute atomic E-state index is 11.9. The average molecular weight is 287 g/mol. The molecule has 0 saturated carbocycles. The molecule has 0 saturated heterocycles. The predicted octanol–water partition coefficient (Wildman–Crippen LogP) is 2.05. The van der Waals surface area contributed by atoms with Gasteiger partial charge in [-0.15, -0.1) is 0 Å². The summed E-state index contributed by atoms with van der Waals surface area (Å²) in [4.78, 5) is 16.2. The normalized spacial score (nSPS) is 13.7. The van der Waals surface area contributed by atoms with Crippen LogP contribution in [0.3, 0.4) is 0 Å². The lowest BCUT2D eigenvalue weighted by Crippen LogP contribution is -2.44. The van der Waals surface area contributed by atoms with Crippen LogP contribution in [0.25, 0.3) is 10.9 Å². The van der Waals surface area contributed by atoms with E-state index in [-0.39, 0.29) is 24.6 Å². The molecule has 5 heteroatoms. The van der Waals surface area contributed by atoms with Gasteiger partial charge in [-0.25, -0.2) is 4.79 Å². The second kappa shape index (κ2) is 7.04. The minimum absolute atomic E-state index is 0.0231. The standard InChI is InChI=1S/C16H21N3O2/c1-11(10-20)12(2)19-16(21)18-9-14-6-3-5-13-7-4-8-17-15(13)14/h3-8,11-12,20H,9-10H2,1-2H3,(H2,18,19,21). The van der Waals surface area contributed by atoms with Crippen molar-refractivity contribution in [1.82, 2.24) is 15.6 Å². The molecule has 21 heavy (non-hydrogen) atoms. The van der Waals surface area contributed by atoms with Gasteiger partial charge in [-0.1, -0.05) is 31.2 Å². The van der Waals surface area contributed by atoms with Gasteiger partial charge in [0.2, 0.25) is 0 Å². The van der Waals surface area contributed by atoms with Crippen LogP contribution in [-0.2, 0) is 6.54 Å². The molecule has 0 aliphatic rings. The van der Waals surface area contributed by atoms with E-state index >= 15 is 0 Å². The number of amides is 2. The third-order valence-corrected chi connectivity index (χ3v) is 3.66. The molecule has 0 aliphatic carbocycles. The van der Waals surface area contributed by atoms with Crippen molar-refractivity contribution >= 4 is 16.9 Å². The van der Waals surface area contributed by atoms with E-state index < -0.39 is 0 Å². The number of hydrogen-bond donors (Lipinski definition) is 3. The highest BCUT2D eigenvalue weighted by atomic mass is 16.3. The van der Waals surface area contributed by atoms with Crippen LogP contribution in [-0.4, -0.2) is 28.8 Å². The fourth-order valence-corrected chi connectivity index (χ4v) is 2.04. The number of nitrogens with one attached hydrogen (secondary N) is 2. The highest BCUT2D eigenvalue weighted by Crippen LogP contribution is 2.15. The van der Waals surface area contributed by atoms with Crippen LogP contribution in [0, 0.1) is 5.92 Å². The average Bonchev–Trinajstić information content (AvgIpc) is 2.51. The molecule has 1 heterocycles. The lowest BCUT2D eigenvalue weighted by atomic mass is 10.1. The van der Waals surface area contributed by atoms with Gasteiger partial charge < -0.3 is 15.7 Å². The smallest absolute Gasteiger partial charge is 0.315 e. The summed E-state index contributed by atoms with van der Waals surface area (Å²) in [6.07, 6.45) is 1.75. The van der Waals surface area contributed by atoms with Gasteiger partial charge >= 0.3 is 6.03 Å². The molecule has 1 aromatic carbocycles. The minimum atomic E-state index is -0.240. The molecule has 0 bridgehead atoms. The number of benzene rings is 1. The van der Waals surface area contributed by atoms with Crippen molar-refractivity contribution < 1.29 is 9.90 Å². The zero-order valence-electron chi connectivity index (χ0n) is 12.3. The lowest BCUT2D eigenvalue weighted by molar-refractivity contribution is 0.200. The first-order valence-electron chi connectivity index (χ1n) is 7.09. The molecular formula is C16H21N3O2. The van der Waals surface area contributed by atoms with Gasteiger partial charge in [0.15, 0.2) is 0 Å². The molecule has 0 spiro atoms. The summed E-state index contributed by atoms with van der Waals surface area (Å²) in [5.74, 6) is 0.0231. The summed E-state index contributed by atoms with van der Waals surface area (Å²) >= 11 is 0. The van der Waals surface area contributed by atoms with Crippen molar-refractivity contribution in [3.05, 3.63) is 42.1 Å². The molecule has 2 rings (SSSR count). The van der Waals surface area contributed by atoms with Gasteiger partial charge in [0.1, 0.15) is 0 Å². The van der Waals surface area contributed by atoms with E-state index in [0.29, 0.717) is 6.54 Å². The monoisotopic (exact) mass is 287 g/mol. The first-order valence-corrected chi connectivity index (χ1v) is 7.09. The quantitative estimate of drug-likeness (QED) is 0.788. The second-order valence-electron chi connectivity index (χ2n) is 5.27. The molecule has 5 nitrogen and oxygen atoms in total. The number of nitrogens with zero attached hydrogens (tertiary/aromatic N) is 1. The van der Waals surface area contributed by atoms with Gasteiger partial charge in [0.05, 0.1) is 5.52 Å². The molecule has 0 aliphatic heterocycles. The summed E-state index contributed by atoms with van der Waals surface area (Å²) in [6, 6.07) is 9.47. The Hall–Kier alpha value is -2.14. The fraction of sp³-hybridized carbons (Fsp3) is 0.375. The van der Waals surface area contributed by atoms with Crippen LogP contribution in [0.1, 0.15) is 19.4 Å². The Kier molecular flexibility index (Phi) is 5.11. The number of aliphatic hydroxyl groups is 1. The molecule has 1 aromatic heterocycles. The van der Waals surface area contributed by atoms with E-state index in [0.717, 1.165) is 16.5 Å². The zero-order chi connectivity index (χ0) is 15.2. The Balaban J connectivity index is 1.97. The third-order valence-electron chi connectivity index (χ3n) is 3.66. The Morgan fingerprint density at radius 3 is 2.81 bits per heavy atom. The van der Waals surface area contributed by atoms with Crippen LogP contribution in [0.4, 0.5) is 4.79 Å². The molecule has 2 amide bonds. The van der Waals surface area contributed by atoms with Crippen molar-refractivity contribution in [1.29, 1.82) is 0 Å². The molecule has 0 fully saturated rings. The third kappa shape index (κ3) is 3.92. The molecule has 2 unspecified atom stereocenters. The molecule has 2 atom stereocenters. The highest BCUT2D eigenvalue weighted by Gasteiger charge is 2.13. The number of aromatic nitrogens is 1. The number of carbonyl (C=O) groups is 1. The SMILES string of the molecule is CC(CO)C(C)NC(=O)NCc1cccc2cccnc12. The summed E-state index contributed by atoms with van der Waals surface area (Å²) in [7, 11) is 0. The number of rotatable bonds is 5. The van der Waals surface area contributed by atoms with Crippen molar-refractivity contribution in [3.63, 3.8) is 0 Å². The summed E-state index contributed by atoms with van der Waals surface area (Å²) in [5.41, 5.74) is 1.88. The van der Waals surface area contributed by atoms with Gasteiger partial charge in [0.25, 0.3) is 0 Å². The molecule has 0 radical (unpaired) electrons. The second-order valence-corrected chi connectivity index (χ2v) is 5.27. The zero-order valence-corrected chi connectivity index (χ0v) is 12.3. The fourth-order valence-electron chi connectivity index (χ4n) is 2.04. The number of pyridine rings is 1. The van der Waals surface area contributed by atoms with Crippen molar-refractivity contribution in [2.24, 2.45) is 5.92 Å². The number of hydrogen-bond acceptors (Lipinski definition) is 3. The van der Waals surface area contributed by atoms with E-state index in [1.165, 1.54) is 0 Å². The van der Waals surface area contributed by atoms with Gasteiger partial charge in [-0.05, 0) is 24.5 Å². The molecule has 2 aromatic rings. The van der Waals surface area contributed by atoms with Crippen LogP contribution >= 0.6 is 0 Å². The van der Waals surface area contributed by atoms with Crippen molar-refractivity contribution in [2.75, 3.05) is 6.61 Å². The maximum Gasteiger partial charge on any atom is 0.315 e. The number of para-hydroxylation sites is 1. The molecule has 3 N–H and O–H groups in total. The van der Waals surface area contributed by atoms with Crippen LogP contribution in [0.15, 0.2) is 36.5 Å². The maximum atomic E-state index is 11.9. The lowest BCUT2D eigenvalue weighted by Gasteiger charge is -2.19. The molecular weight excluding hydrogens is 266 g/mol. The highest BCUT2D eigenvalue weighted by molar-refractivity contribution is 5.82. The first-order chi connectivity index (χ1) is 10.1. The summed E-state index contributed by atoms with van der Waals surface area (Å²) in [6.45, 7) is 4.23. The number of fused-ring (bicyclic) bond motifs is 1. The Labute approximate surface area is 124 Å². The van der Waals surface area contributed by atoms with E-state index in [4.69, 9.17) is 5.11 Å². The van der Waals surface area contributed by atoms with Crippen LogP contribution in [0.2, 0.25) is 0 Å². The van der Waals surface area contributed by atoms with E-state index in [2.05, 4.69) is 15.6 Å².